The average molecular weight is 308 g/mol. The highest BCUT2D eigenvalue weighted by Gasteiger charge is 2.51. The molecule has 0 spiro atoms. The normalized spacial score (nSPS) is 33.0. The Morgan fingerprint density at radius 3 is 2.24 bits per heavy atom. The molecule has 2 bridgehead atoms. The third-order valence-electron chi connectivity index (χ3n) is 4.81. The molecule has 2 aliphatic heterocycles. The van der Waals surface area contributed by atoms with Gasteiger partial charge in [-0.15, -0.1) is 0 Å². The number of nitrogens with zero attached hydrogens (tertiary/aromatic N) is 2. The van der Waals surface area contributed by atoms with Gasteiger partial charge in [0.05, 0.1) is 5.25 Å². The number of hydrogen-bond donors (Lipinski definition) is 0. The first kappa shape index (κ1) is 13.5. The van der Waals surface area contributed by atoms with Crippen LogP contribution in [0.5, 0.6) is 5.75 Å². The molecule has 3 fully saturated rings. The monoisotopic (exact) mass is 308 g/mol. The maximum Gasteiger partial charge on any atom is 0.217 e. The van der Waals surface area contributed by atoms with E-state index >= 15 is 0 Å². The van der Waals surface area contributed by atoms with Crippen LogP contribution < -0.4 is 4.74 Å². The fourth-order valence-electron chi connectivity index (χ4n) is 3.74. The van der Waals surface area contributed by atoms with Crippen LogP contribution in [-0.2, 0) is 10.0 Å². The third-order valence-corrected chi connectivity index (χ3v) is 7.31. The minimum atomic E-state index is -3.05. The Morgan fingerprint density at radius 1 is 1.05 bits per heavy atom. The molecule has 2 atom stereocenters. The maximum absolute atomic E-state index is 12.6. The van der Waals surface area contributed by atoms with Gasteiger partial charge in [0.15, 0.2) is 0 Å². The van der Waals surface area contributed by atoms with Crippen LogP contribution in [0.1, 0.15) is 38.5 Å². The highest BCUT2D eigenvalue weighted by molar-refractivity contribution is 7.90. The summed E-state index contributed by atoms with van der Waals surface area (Å²) in [6.07, 6.45) is 8.82. The summed E-state index contributed by atoms with van der Waals surface area (Å²) in [6.45, 7) is 0. The molecule has 0 N–H and O–H groups in total. The third kappa shape index (κ3) is 2.44. The lowest BCUT2D eigenvalue weighted by atomic mass is 10.0. The lowest BCUT2D eigenvalue weighted by Crippen LogP contribution is -2.50. The molecule has 1 saturated carbocycles. The van der Waals surface area contributed by atoms with E-state index in [0.29, 0.717) is 0 Å². The van der Waals surface area contributed by atoms with E-state index in [9.17, 15) is 8.42 Å². The molecule has 1 aliphatic carbocycles. The van der Waals surface area contributed by atoms with Crippen LogP contribution in [0.2, 0.25) is 0 Å². The average Bonchev–Trinajstić information content (AvgIpc) is 3.27. The molecule has 114 valence electrons. The summed E-state index contributed by atoms with van der Waals surface area (Å²) in [6, 6.07) is 3.99. The van der Waals surface area contributed by atoms with Crippen LogP contribution in [-0.4, -0.2) is 41.1 Å². The predicted octanol–water partition coefficient (Wildman–Crippen LogP) is 1.95. The number of fused-ring (bicyclic) bond motifs is 2. The summed E-state index contributed by atoms with van der Waals surface area (Å²) in [7, 11) is -3.05. The van der Waals surface area contributed by atoms with Gasteiger partial charge in [-0.25, -0.2) is 8.42 Å². The van der Waals surface area contributed by atoms with E-state index in [-0.39, 0.29) is 23.4 Å². The molecular formula is C15H20N2O3S. The van der Waals surface area contributed by atoms with Gasteiger partial charge in [-0.3, -0.25) is 4.98 Å². The van der Waals surface area contributed by atoms with Gasteiger partial charge in [-0.05, 0) is 37.8 Å². The predicted molar refractivity (Wildman–Crippen MR) is 78.5 cm³/mol. The summed E-state index contributed by atoms with van der Waals surface area (Å²) < 4.78 is 32.9. The van der Waals surface area contributed by atoms with Gasteiger partial charge in [0.1, 0.15) is 11.9 Å². The summed E-state index contributed by atoms with van der Waals surface area (Å²) in [4.78, 5) is 3.98. The Bertz CT molecular complexity index is 601. The number of sulfonamides is 1. The molecule has 5 nitrogen and oxygen atoms in total. The summed E-state index contributed by atoms with van der Waals surface area (Å²) in [5.74, 6) is 0.827. The second-order valence-corrected chi connectivity index (χ2v) is 8.47. The fraction of sp³-hybridized carbons (Fsp3) is 0.667. The van der Waals surface area contributed by atoms with Crippen LogP contribution in [0.4, 0.5) is 0 Å². The second-order valence-electron chi connectivity index (χ2n) is 6.35. The standard InChI is InChI=1S/C15H20N2O3S/c18-21(19,15-3-4-15)17-11-1-2-12(17)10-14(9-11)20-13-5-7-16-8-6-13/h5-8,11-12,14-15H,1-4,9-10H2. The number of ether oxygens (including phenoxy) is 1. The molecule has 21 heavy (non-hydrogen) atoms. The Morgan fingerprint density at radius 2 is 1.67 bits per heavy atom. The van der Waals surface area contributed by atoms with Gasteiger partial charge in [-0.1, -0.05) is 0 Å². The number of piperidine rings is 1. The lowest BCUT2D eigenvalue weighted by Gasteiger charge is -2.37. The van der Waals surface area contributed by atoms with Crippen molar-refractivity contribution in [2.45, 2.75) is 62.0 Å². The van der Waals surface area contributed by atoms with Crippen molar-refractivity contribution in [3.63, 3.8) is 0 Å². The zero-order chi connectivity index (χ0) is 14.4. The van der Waals surface area contributed by atoms with E-state index in [4.69, 9.17) is 4.74 Å². The molecule has 0 aromatic carbocycles. The maximum atomic E-state index is 12.6. The Labute approximate surface area is 125 Å². The van der Waals surface area contributed by atoms with Gasteiger partial charge >= 0.3 is 0 Å². The van der Waals surface area contributed by atoms with Crippen molar-refractivity contribution in [1.82, 2.24) is 9.29 Å². The van der Waals surface area contributed by atoms with Crippen molar-refractivity contribution in [2.24, 2.45) is 0 Å². The lowest BCUT2D eigenvalue weighted by molar-refractivity contribution is 0.0955. The van der Waals surface area contributed by atoms with E-state index in [1.165, 1.54) is 0 Å². The molecule has 6 heteroatoms. The first-order valence-corrected chi connectivity index (χ1v) is 9.24. The minimum Gasteiger partial charge on any atom is -0.490 e. The molecule has 0 radical (unpaired) electrons. The Balaban J connectivity index is 1.48. The number of aromatic nitrogens is 1. The number of pyridine rings is 1. The Hall–Kier alpha value is -1.14. The quantitative estimate of drug-likeness (QED) is 0.853. The van der Waals surface area contributed by atoms with Gasteiger partial charge in [-0.2, -0.15) is 4.31 Å². The minimum absolute atomic E-state index is 0.0988. The molecule has 0 amide bonds. The van der Waals surface area contributed by atoms with Crippen LogP contribution >= 0.6 is 0 Å². The molecule has 4 rings (SSSR count). The summed E-state index contributed by atoms with van der Waals surface area (Å²) in [5, 5.41) is -0.0988. The number of hydrogen-bond acceptors (Lipinski definition) is 4. The van der Waals surface area contributed by atoms with Crippen molar-refractivity contribution in [2.75, 3.05) is 0 Å². The fourth-order valence-corrected chi connectivity index (χ4v) is 6.03. The Kier molecular flexibility index (Phi) is 3.19. The van der Waals surface area contributed by atoms with Crippen LogP contribution in [0, 0.1) is 0 Å². The molecule has 2 unspecified atom stereocenters. The van der Waals surface area contributed by atoms with Gasteiger partial charge in [0, 0.05) is 37.3 Å². The van der Waals surface area contributed by atoms with Gasteiger partial charge in [0.2, 0.25) is 10.0 Å². The number of rotatable bonds is 4. The van der Waals surface area contributed by atoms with Crippen LogP contribution in [0.25, 0.3) is 0 Å². The highest BCUT2D eigenvalue weighted by Crippen LogP contribution is 2.43. The van der Waals surface area contributed by atoms with Crippen molar-refractivity contribution < 1.29 is 13.2 Å². The van der Waals surface area contributed by atoms with Crippen molar-refractivity contribution in [3.05, 3.63) is 24.5 Å². The van der Waals surface area contributed by atoms with E-state index in [2.05, 4.69) is 4.98 Å². The van der Waals surface area contributed by atoms with Gasteiger partial charge < -0.3 is 4.74 Å². The topological polar surface area (TPSA) is 59.5 Å². The van der Waals surface area contributed by atoms with Crippen LogP contribution in [0.15, 0.2) is 24.5 Å². The van der Waals surface area contributed by atoms with E-state index in [1.54, 1.807) is 12.4 Å². The van der Waals surface area contributed by atoms with E-state index in [0.717, 1.165) is 44.3 Å². The molecule has 2 saturated heterocycles. The second kappa shape index (κ2) is 4.95. The van der Waals surface area contributed by atoms with Crippen molar-refractivity contribution in [3.8, 4) is 5.75 Å². The smallest absolute Gasteiger partial charge is 0.217 e. The summed E-state index contributed by atoms with van der Waals surface area (Å²) >= 11 is 0. The SMILES string of the molecule is O=S(=O)(C1CC1)N1C2CCC1CC(Oc1ccncc1)C2. The summed E-state index contributed by atoms with van der Waals surface area (Å²) in [5.41, 5.74) is 0. The first-order valence-electron chi connectivity index (χ1n) is 7.73. The molecule has 1 aromatic rings. The molecule has 3 aliphatic rings. The first-order chi connectivity index (χ1) is 10.1. The van der Waals surface area contributed by atoms with Crippen LogP contribution in [0.3, 0.4) is 0 Å². The van der Waals surface area contributed by atoms with Crippen molar-refractivity contribution >= 4 is 10.0 Å². The molecule has 1 aromatic heterocycles. The highest BCUT2D eigenvalue weighted by atomic mass is 32.2. The zero-order valence-corrected chi connectivity index (χ0v) is 12.7. The van der Waals surface area contributed by atoms with Gasteiger partial charge in [0.25, 0.3) is 0 Å². The zero-order valence-electron chi connectivity index (χ0n) is 11.9. The van der Waals surface area contributed by atoms with E-state index < -0.39 is 10.0 Å². The van der Waals surface area contributed by atoms with Crippen molar-refractivity contribution in [1.29, 1.82) is 0 Å². The molecule has 3 heterocycles. The largest absolute Gasteiger partial charge is 0.490 e. The molecular weight excluding hydrogens is 288 g/mol. The van der Waals surface area contributed by atoms with E-state index in [1.807, 2.05) is 16.4 Å².